The summed E-state index contributed by atoms with van der Waals surface area (Å²) in [6.45, 7) is 7.31. The van der Waals surface area contributed by atoms with Gasteiger partial charge in [-0.25, -0.2) is 0 Å². The predicted molar refractivity (Wildman–Crippen MR) is 137 cm³/mol. The molecule has 3 rings (SSSR count). The molecule has 0 saturated heterocycles. The van der Waals surface area contributed by atoms with Gasteiger partial charge in [-0.05, 0) is 42.6 Å². The second-order valence-corrected chi connectivity index (χ2v) is 11.8. The lowest BCUT2D eigenvalue weighted by molar-refractivity contribution is -0.149. The number of aromatic nitrogens is 3. The summed E-state index contributed by atoms with van der Waals surface area (Å²) in [5, 5.41) is 13.4. The minimum Gasteiger partial charge on any atom is -0.481 e. The van der Waals surface area contributed by atoms with E-state index in [0.29, 0.717) is 5.56 Å². The van der Waals surface area contributed by atoms with E-state index in [2.05, 4.69) is 10.1 Å². The molecule has 0 spiro atoms. The summed E-state index contributed by atoms with van der Waals surface area (Å²) in [7, 11) is 0. The summed E-state index contributed by atoms with van der Waals surface area (Å²) in [6.07, 6.45) is -2.01. The van der Waals surface area contributed by atoms with Crippen LogP contribution in [0.15, 0.2) is 17.2 Å². The van der Waals surface area contributed by atoms with Gasteiger partial charge in [-0.2, -0.15) is 18.3 Å². The molecule has 2 heterocycles. The second-order valence-electron chi connectivity index (χ2n) is 11.0. The Labute approximate surface area is 228 Å². The molecule has 8 nitrogen and oxygen atoms in total. The fourth-order valence-corrected chi connectivity index (χ4v) is 5.57. The molecule has 1 aliphatic carbocycles. The highest BCUT2D eigenvalue weighted by molar-refractivity contribution is 6.35. The van der Waals surface area contributed by atoms with Crippen LogP contribution >= 0.6 is 23.2 Å². The minimum absolute atomic E-state index is 0.0395. The molecule has 210 valence electrons. The molecule has 1 saturated carbocycles. The fourth-order valence-electron chi connectivity index (χ4n) is 5.03. The number of carbonyl (C=O) groups excluding carboxylic acids is 1. The van der Waals surface area contributed by atoms with Gasteiger partial charge in [0.2, 0.25) is 0 Å². The van der Waals surface area contributed by atoms with Crippen LogP contribution in [0.3, 0.4) is 0 Å². The van der Waals surface area contributed by atoms with Crippen LogP contribution in [-0.4, -0.2) is 49.7 Å². The zero-order valence-electron chi connectivity index (χ0n) is 21.5. The largest absolute Gasteiger partial charge is 0.481 e. The third-order valence-corrected chi connectivity index (χ3v) is 7.50. The molecule has 0 aromatic carbocycles. The van der Waals surface area contributed by atoms with Crippen LogP contribution in [0, 0.1) is 17.3 Å². The number of aliphatic carboxylic acids is 1. The summed E-state index contributed by atoms with van der Waals surface area (Å²) in [5.74, 6) is -2.82. The normalized spacial score (nSPS) is 20.4. The van der Waals surface area contributed by atoms with Crippen molar-refractivity contribution in [2.75, 3.05) is 13.1 Å². The van der Waals surface area contributed by atoms with E-state index in [1.54, 1.807) is 6.92 Å². The van der Waals surface area contributed by atoms with Crippen LogP contribution in [0.2, 0.25) is 10.0 Å². The molecule has 2 aromatic heterocycles. The van der Waals surface area contributed by atoms with Gasteiger partial charge < -0.3 is 15.0 Å². The van der Waals surface area contributed by atoms with Crippen molar-refractivity contribution >= 4 is 35.1 Å². The molecule has 3 atom stereocenters. The van der Waals surface area contributed by atoms with Crippen LogP contribution in [0.1, 0.15) is 74.6 Å². The van der Waals surface area contributed by atoms with Crippen LogP contribution in [0.4, 0.5) is 13.2 Å². The average Bonchev–Trinajstić information content (AvgIpc) is 3.25. The van der Waals surface area contributed by atoms with Crippen molar-refractivity contribution in [1.82, 2.24) is 19.7 Å². The van der Waals surface area contributed by atoms with Gasteiger partial charge in [0.15, 0.2) is 5.69 Å². The van der Waals surface area contributed by atoms with Gasteiger partial charge in [0.25, 0.3) is 11.5 Å². The number of pyridine rings is 1. The summed E-state index contributed by atoms with van der Waals surface area (Å²) in [6, 6.07) is -0.691. The lowest BCUT2D eigenvalue weighted by Gasteiger charge is -2.33. The molecule has 2 N–H and O–H groups in total. The highest BCUT2D eigenvalue weighted by atomic mass is 35.5. The molecule has 38 heavy (non-hydrogen) atoms. The molecular formula is C25H31Cl2F3N4O4. The minimum atomic E-state index is -4.87. The number of carboxylic acid groups (broad SMARTS) is 1. The van der Waals surface area contributed by atoms with E-state index in [4.69, 9.17) is 23.2 Å². The van der Waals surface area contributed by atoms with Gasteiger partial charge >= 0.3 is 12.1 Å². The number of halogens is 5. The zero-order chi connectivity index (χ0) is 28.6. The van der Waals surface area contributed by atoms with Gasteiger partial charge in [-0.3, -0.25) is 19.1 Å². The smallest absolute Gasteiger partial charge is 0.433 e. The highest BCUT2D eigenvalue weighted by Crippen LogP contribution is 2.41. The first-order valence-corrected chi connectivity index (χ1v) is 13.0. The predicted octanol–water partition coefficient (Wildman–Crippen LogP) is 5.69. The van der Waals surface area contributed by atoms with Crippen LogP contribution in [0.25, 0.3) is 0 Å². The first-order valence-electron chi connectivity index (χ1n) is 12.2. The molecule has 1 aliphatic rings. The maximum atomic E-state index is 14.4. The van der Waals surface area contributed by atoms with Crippen LogP contribution < -0.4 is 5.56 Å². The van der Waals surface area contributed by atoms with Gasteiger partial charge in [0.05, 0.1) is 28.7 Å². The van der Waals surface area contributed by atoms with Gasteiger partial charge in [0, 0.05) is 19.3 Å². The number of rotatable bonds is 7. The van der Waals surface area contributed by atoms with Crippen molar-refractivity contribution in [2.24, 2.45) is 17.3 Å². The first-order chi connectivity index (χ1) is 17.5. The number of nitrogens with one attached hydrogen (secondary N) is 1. The summed E-state index contributed by atoms with van der Waals surface area (Å²) < 4.78 is 43.9. The monoisotopic (exact) mass is 578 g/mol. The average molecular weight is 579 g/mol. The van der Waals surface area contributed by atoms with E-state index >= 15 is 0 Å². The summed E-state index contributed by atoms with van der Waals surface area (Å²) >= 11 is 12.3. The number of amides is 1. The number of alkyl halides is 3. The van der Waals surface area contributed by atoms with Crippen LogP contribution in [0.5, 0.6) is 0 Å². The van der Waals surface area contributed by atoms with Gasteiger partial charge in [-0.1, -0.05) is 50.9 Å². The molecule has 1 amide bonds. The fraction of sp³-hybridized carbons (Fsp3) is 0.600. The third kappa shape index (κ3) is 6.72. The number of aromatic amines is 1. The van der Waals surface area contributed by atoms with E-state index in [9.17, 15) is 32.7 Å². The Morgan fingerprint density at radius 3 is 2.45 bits per heavy atom. The van der Waals surface area contributed by atoms with Crippen molar-refractivity contribution < 1.29 is 27.9 Å². The van der Waals surface area contributed by atoms with Crippen LogP contribution in [-0.2, 0) is 17.4 Å². The standard InChI is InChI=1S/C25H31Cl2F3N4O4/c1-13-9-14(5-6-15(13)23(37)38)34-20(25(28,29)30)17(10-32-34)22(36)33(12-24(2,3)4)8-7-16-18(26)11-31-21(35)19(16)27/h10-11,13-15H,5-9,12H2,1-4H3,(H,31,35)(H,37,38)/t13-,14+,15+/m0/s1. The molecular weight excluding hydrogens is 548 g/mol. The Balaban J connectivity index is 1.96. The SMILES string of the molecule is C[C@H]1C[C@H](n2ncc(C(=O)N(CCc3c(Cl)c[nH]c(=O)c3Cl)CC(C)(C)C)c2C(F)(F)F)CC[C@H]1C(=O)O. The Kier molecular flexibility index (Phi) is 8.92. The Morgan fingerprint density at radius 2 is 1.89 bits per heavy atom. The number of carbonyl (C=O) groups is 2. The third-order valence-electron chi connectivity index (χ3n) is 6.77. The van der Waals surface area contributed by atoms with Crippen molar-refractivity contribution in [1.29, 1.82) is 0 Å². The quantitative estimate of drug-likeness (QED) is 0.438. The Morgan fingerprint density at radius 1 is 1.24 bits per heavy atom. The Hall–Kier alpha value is -2.53. The lowest BCUT2D eigenvalue weighted by Crippen LogP contribution is -2.40. The number of nitrogens with zero attached hydrogens (tertiary/aromatic N) is 3. The molecule has 0 bridgehead atoms. The Bertz CT molecular complexity index is 1250. The number of hydrogen-bond donors (Lipinski definition) is 2. The van der Waals surface area contributed by atoms with Crippen molar-refractivity contribution in [3.05, 3.63) is 49.6 Å². The highest BCUT2D eigenvalue weighted by Gasteiger charge is 2.44. The molecule has 0 radical (unpaired) electrons. The molecule has 0 aliphatic heterocycles. The molecule has 2 aromatic rings. The van der Waals surface area contributed by atoms with E-state index in [1.807, 2.05) is 20.8 Å². The summed E-state index contributed by atoms with van der Waals surface area (Å²) in [4.78, 5) is 40.6. The zero-order valence-corrected chi connectivity index (χ0v) is 23.0. The van der Waals surface area contributed by atoms with Gasteiger partial charge in [-0.15, -0.1) is 0 Å². The molecule has 0 unspecified atom stereocenters. The van der Waals surface area contributed by atoms with E-state index in [1.165, 1.54) is 11.1 Å². The summed E-state index contributed by atoms with van der Waals surface area (Å²) in [5.41, 5.74) is -2.47. The number of carboxylic acids is 1. The molecule has 1 fully saturated rings. The second kappa shape index (κ2) is 11.3. The van der Waals surface area contributed by atoms with Crippen molar-refractivity contribution in [3.63, 3.8) is 0 Å². The maximum absolute atomic E-state index is 14.4. The molecule has 13 heteroatoms. The van der Waals surface area contributed by atoms with E-state index in [0.717, 1.165) is 10.9 Å². The number of hydrogen-bond acceptors (Lipinski definition) is 4. The maximum Gasteiger partial charge on any atom is 0.433 e. The van der Waals surface area contributed by atoms with Crippen molar-refractivity contribution in [3.8, 4) is 0 Å². The topological polar surface area (TPSA) is 108 Å². The first kappa shape index (κ1) is 30.0. The lowest BCUT2D eigenvalue weighted by atomic mass is 9.78. The van der Waals surface area contributed by atoms with Gasteiger partial charge in [0.1, 0.15) is 5.02 Å². The number of H-pyrrole nitrogens is 1. The van der Waals surface area contributed by atoms with E-state index in [-0.39, 0.29) is 54.7 Å². The van der Waals surface area contributed by atoms with E-state index < -0.39 is 52.2 Å². The van der Waals surface area contributed by atoms with Crippen molar-refractivity contribution in [2.45, 2.75) is 65.6 Å².